The topological polar surface area (TPSA) is 94.1 Å². The van der Waals surface area contributed by atoms with Crippen molar-refractivity contribution in [1.82, 2.24) is 34.7 Å². The number of benzene rings is 1. The molecule has 9 heteroatoms. The Hall–Kier alpha value is -3.85. The lowest BCUT2D eigenvalue weighted by molar-refractivity contribution is -0.134. The smallest absolute Gasteiger partial charge is 0.225 e. The van der Waals surface area contributed by atoms with E-state index in [1.165, 1.54) is 24.8 Å². The molecule has 0 atom stereocenters. The third-order valence-electron chi connectivity index (χ3n) is 8.71. The number of piperazine rings is 1. The van der Waals surface area contributed by atoms with Gasteiger partial charge in [-0.25, -0.2) is 15.0 Å². The minimum atomic E-state index is 0.308. The molecule has 1 aromatic carbocycles. The SMILES string of the molecule is CN(c1cc(-c2ccc3nc(Cc4cc(CN5CCN(C(=O)C6CC6)CC5)ccn4)[nH]c3c2)ncn1)C1CCC1. The molecule has 0 spiro atoms. The highest BCUT2D eigenvalue weighted by Gasteiger charge is 2.34. The predicted molar refractivity (Wildman–Crippen MR) is 155 cm³/mol. The number of aromatic amines is 1. The number of nitrogens with zero attached hydrogens (tertiary/aromatic N) is 7. The van der Waals surface area contributed by atoms with Crippen molar-refractivity contribution >= 4 is 22.8 Å². The van der Waals surface area contributed by atoms with Crippen molar-refractivity contribution in [3.8, 4) is 11.3 Å². The molecule has 2 aliphatic carbocycles. The van der Waals surface area contributed by atoms with E-state index in [0.29, 0.717) is 24.3 Å². The van der Waals surface area contributed by atoms with E-state index in [1.54, 1.807) is 6.33 Å². The number of carbonyl (C=O) groups is 1. The molecule has 0 unspecified atom stereocenters. The maximum Gasteiger partial charge on any atom is 0.225 e. The first-order chi connectivity index (χ1) is 19.6. The summed E-state index contributed by atoms with van der Waals surface area (Å²) in [5.41, 5.74) is 6.15. The van der Waals surface area contributed by atoms with Crippen LogP contribution in [-0.2, 0) is 17.8 Å². The van der Waals surface area contributed by atoms with Gasteiger partial charge in [-0.1, -0.05) is 6.07 Å². The summed E-state index contributed by atoms with van der Waals surface area (Å²) in [5, 5.41) is 0. The summed E-state index contributed by atoms with van der Waals surface area (Å²) in [7, 11) is 2.13. The number of amides is 1. The van der Waals surface area contributed by atoms with Gasteiger partial charge in [0.2, 0.25) is 5.91 Å². The van der Waals surface area contributed by atoms with E-state index >= 15 is 0 Å². The van der Waals surface area contributed by atoms with E-state index in [-0.39, 0.29) is 0 Å². The maximum absolute atomic E-state index is 12.4. The summed E-state index contributed by atoms with van der Waals surface area (Å²) >= 11 is 0. The van der Waals surface area contributed by atoms with Crippen LogP contribution in [0.25, 0.3) is 22.3 Å². The second-order valence-electron chi connectivity index (χ2n) is 11.6. The van der Waals surface area contributed by atoms with Gasteiger partial charge in [0, 0.05) is 81.7 Å². The maximum atomic E-state index is 12.4. The Kier molecular flexibility index (Phi) is 6.67. The number of H-pyrrole nitrogens is 1. The number of rotatable bonds is 8. The van der Waals surface area contributed by atoms with E-state index in [1.807, 2.05) is 6.20 Å². The first kappa shape index (κ1) is 25.1. The monoisotopic (exact) mass is 536 g/mol. The first-order valence-corrected chi connectivity index (χ1v) is 14.6. The number of anilines is 1. The van der Waals surface area contributed by atoms with Gasteiger partial charge >= 0.3 is 0 Å². The molecule has 40 heavy (non-hydrogen) atoms. The zero-order valence-electron chi connectivity index (χ0n) is 23.1. The van der Waals surface area contributed by atoms with Crippen LogP contribution in [-0.4, -0.2) is 79.9 Å². The van der Waals surface area contributed by atoms with Gasteiger partial charge in [-0.2, -0.15) is 0 Å². The van der Waals surface area contributed by atoms with Crippen LogP contribution < -0.4 is 4.90 Å². The largest absolute Gasteiger partial charge is 0.357 e. The third kappa shape index (κ3) is 5.30. The van der Waals surface area contributed by atoms with Crippen LogP contribution in [0.5, 0.6) is 0 Å². The molecular formula is C31H36N8O. The molecule has 7 rings (SSSR count). The van der Waals surface area contributed by atoms with Crippen LogP contribution in [0.1, 0.15) is 49.2 Å². The summed E-state index contributed by atoms with van der Waals surface area (Å²) in [6.45, 7) is 4.39. The molecule has 3 aromatic heterocycles. The number of nitrogens with one attached hydrogen (secondary N) is 1. The normalized spacial score (nSPS) is 18.2. The van der Waals surface area contributed by atoms with Crippen LogP contribution in [0.2, 0.25) is 0 Å². The number of imidazole rings is 1. The van der Waals surface area contributed by atoms with Gasteiger partial charge in [-0.05, 0) is 61.9 Å². The molecule has 2 saturated carbocycles. The minimum Gasteiger partial charge on any atom is -0.357 e. The van der Waals surface area contributed by atoms with E-state index < -0.39 is 0 Å². The summed E-state index contributed by atoms with van der Waals surface area (Å²) in [6, 6.07) is 13.2. The molecule has 9 nitrogen and oxygen atoms in total. The highest BCUT2D eigenvalue weighted by Crippen LogP contribution is 2.32. The van der Waals surface area contributed by atoms with Gasteiger partial charge in [0.15, 0.2) is 0 Å². The number of pyridine rings is 1. The van der Waals surface area contributed by atoms with Crippen molar-refractivity contribution in [3.05, 3.63) is 66.0 Å². The van der Waals surface area contributed by atoms with Crippen LogP contribution in [0, 0.1) is 5.92 Å². The van der Waals surface area contributed by atoms with Gasteiger partial charge in [0.05, 0.1) is 16.7 Å². The predicted octanol–water partition coefficient (Wildman–Crippen LogP) is 4.05. The fourth-order valence-electron chi connectivity index (χ4n) is 5.83. The lowest BCUT2D eigenvalue weighted by Gasteiger charge is -2.35. The Balaban J connectivity index is 1.01. The van der Waals surface area contributed by atoms with Crippen molar-refractivity contribution in [1.29, 1.82) is 0 Å². The van der Waals surface area contributed by atoms with E-state index in [2.05, 4.69) is 78.1 Å². The van der Waals surface area contributed by atoms with Gasteiger partial charge in [-0.15, -0.1) is 0 Å². The van der Waals surface area contributed by atoms with Crippen LogP contribution in [0.4, 0.5) is 5.82 Å². The minimum absolute atomic E-state index is 0.308. The van der Waals surface area contributed by atoms with Crippen molar-refractivity contribution in [2.24, 2.45) is 5.92 Å². The molecule has 4 heterocycles. The quantitative estimate of drug-likeness (QED) is 0.363. The molecule has 1 saturated heterocycles. The standard InChI is InChI=1S/C31H36N8O/c1-37(25-3-2-4-25)30-18-27(33-20-34-30)23-7-8-26-28(16-23)36-29(35-26)17-24-15-21(9-10-32-24)19-38-11-13-39(14-12-38)31(40)22-5-6-22/h7-10,15-16,18,20,22,25H,2-6,11-14,17,19H2,1H3,(H,35,36). The lowest BCUT2D eigenvalue weighted by atomic mass is 9.92. The molecule has 0 radical (unpaired) electrons. The summed E-state index contributed by atoms with van der Waals surface area (Å²) < 4.78 is 0. The Morgan fingerprint density at radius 1 is 1.00 bits per heavy atom. The third-order valence-corrected chi connectivity index (χ3v) is 8.71. The fourth-order valence-corrected chi connectivity index (χ4v) is 5.83. The van der Waals surface area contributed by atoms with E-state index in [9.17, 15) is 4.79 Å². The molecule has 3 aliphatic rings. The number of fused-ring (bicyclic) bond motifs is 1. The Bertz CT molecular complexity index is 1520. The Labute approximate surface area is 234 Å². The summed E-state index contributed by atoms with van der Waals surface area (Å²) in [5.74, 6) is 2.54. The van der Waals surface area contributed by atoms with E-state index in [0.717, 1.165) is 85.2 Å². The van der Waals surface area contributed by atoms with Crippen molar-refractivity contribution in [2.75, 3.05) is 38.1 Å². The lowest BCUT2D eigenvalue weighted by Crippen LogP contribution is -2.48. The highest BCUT2D eigenvalue weighted by atomic mass is 16.2. The molecule has 4 aromatic rings. The average molecular weight is 537 g/mol. The van der Waals surface area contributed by atoms with Crippen LogP contribution in [0.3, 0.4) is 0 Å². The number of hydrogen-bond acceptors (Lipinski definition) is 7. The molecule has 1 N–H and O–H groups in total. The molecule has 0 bridgehead atoms. The highest BCUT2D eigenvalue weighted by molar-refractivity contribution is 5.82. The summed E-state index contributed by atoms with van der Waals surface area (Å²) in [6.07, 6.45) is 10.1. The van der Waals surface area contributed by atoms with Crippen molar-refractivity contribution in [2.45, 2.75) is 51.1 Å². The van der Waals surface area contributed by atoms with Crippen LogP contribution in [0.15, 0.2) is 48.9 Å². The molecule has 206 valence electrons. The summed E-state index contributed by atoms with van der Waals surface area (Å²) in [4.78, 5) is 41.1. The van der Waals surface area contributed by atoms with Crippen LogP contribution >= 0.6 is 0 Å². The van der Waals surface area contributed by atoms with Gasteiger partial charge in [0.1, 0.15) is 18.0 Å². The number of carbonyl (C=O) groups excluding carboxylic acids is 1. The van der Waals surface area contributed by atoms with Crippen molar-refractivity contribution < 1.29 is 4.79 Å². The molecule has 1 aliphatic heterocycles. The van der Waals surface area contributed by atoms with Gasteiger partial charge in [0.25, 0.3) is 0 Å². The second kappa shape index (κ2) is 10.6. The zero-order valence-corrected chi connectivity index (χ0v) is 23.1. The molecule has 1 amide bonds. The molecular weight excluding hydrogens is 500 g/mol. The number of aromatic nitrogens is 5. The van der Waals surface area contributed by atoms with E-state index in [4.69, 9.17) is 4.98 Å². The first-order valence-electron chi connectivity index (χ1n) is 14.6. The van der Waals surface area contributed by atoms with Gasteiger partial charge in [-0.3, -0.25) is 14.7 Å². The number of hydrogen-bond donors (Lipinski definition) is 1. The van der Waals surface area contributed by atoms with Crippen molar-refractivity contribution in [3.63, 3.8) is 0 Å². The average Bonchev–Trinajstić information content (AvgIpc) is 3.72. The Morgan fingerprint density at radius 2 is 1.85 bits per heavy atom. The van der Waals surface area contributed by atoms with Gasteiger partial charge < -0.3 is 14.8 Å². The Morgan fingerprint density at radius 3 is 2.62 bits per heavy atom. The fraction of sp³-hybridized carbons (Fsp3) is 0.452. The molecule has 3 fully saturated rings. The second-order valence-corrected chi connectivity index (χ2v) is 11.6. The zero-order chi connectivity index (χ0) is 27.1.